The number of benzene rings is 2. The summed E-state index contributed by atoms with van der Waals surface area (Å²) in [4.78, 5) is 1.44. The van der Waals surface area contributed by atoms with Gasteiger partial charge < -0.3 is 5.32 Å². The van der Waals surface area contributed by atoms with Crippen LogP contribution in [0.15, 0.2) is 57.9 Å². The number of hydrogen-bond acceptors (Lipinski definition) is 2. The van der Waals surface area contributed by atoms with Crippen LogP contribution >= 0.6 is 27.7 Å². The third-order valence-corrected chi connectivity index (χ3v) is 5.12. The zero-order chi connectivity index (χ0) is 12.4. The predicted octanol–water partition coefficient (Wildman–Crippen LogP) is 4.58. The summed E-state index contributed by atoms with van der Waals surface area (Å²) in [5.74, 6) is 0. The molecule has 0 aromatic heterocycles. The first-order valence-corrected chi connectivity index (χ1v) is 7.73. The van der Waals surface area contributed by atoms with E-state index in [1.165, 1.54) is 16.1 Å². The van der Waals surface area contributed by atoms with Crippen LogP contribution in [0.1, 0.15) is 5.56 Å². The van der Waals surface area contributed by atoms with E-state index in [1.54, 1.807) is 0 Å². The van der Waals surface area contributed by atoms with Gasteiger partial charge in [0, 0.05) is 26.9 Å². The smallest absolute Gasteiger partial charge is 0.0484 e. The van der Waals surface area contributed by atoms with Gasteiger partial charge in [-0.15, -0.1) is 11.8 Å². The van der Waals surface area contributed by atoms with E-state index in [1.807, 2.05) is 17.8 Å². The van der Waals surface area contributed by atoms with Gasteiger partial charge in [0.05, 0.1) is 0 Å². The van der Waals surface area contributed by atoms with Gasteiger partial charge in [-0.05, 0) is 46.1 Å². The van der Waals surface area contributed by atoms with Gasteiger partial charge in [0.15, 0.2) is 0 Å². The average Bonchev–Trinajstić information content (AvgIpc) is 2.80. The van der Waals surface area contributed by atoms with Crippen molar-refractivity contribution in [2.75, 3.05) is 11.9 Å². The van der Waals surface area contributed by atoms with Gasteiger partial charge in [-0.3, -0.25) is 0 Å². The maximum atomic E-state index is 3.56. The molecular weight excluding hydrogens is 306 g/mol. The Hall–Kier alpha value is -0.930. The van der Waals surface area contributed by atoms with Crippen LogP contribution < -0.4 is 5.32 Å². The summed E-state index contributed by atoms with van der Waals surface area (Å²) in [5, 5.41) is 4.16. The Kier molecular flexibility index (Phi) is 3.62. The second kappa shape index (κ2) is 5.37. The summed E-state index contributed by atoms with van der Waals surface area (Å²) in [6, 6.07) is 17.0. The predicted molar refractivity (Wildman–Crippen MR) is 82.4 cm³/mol. The summed E-state index contributed by atoms with van der Waals surface area (Å²) in [7, 11) is 0. The fraction of sp³-hybridized carbons (Fsp3) is 0.200. The number of hydrogen-bond donors (Lipinski definition) is 1. The molecule has 0 spiro atoms. The van der Waals surface area contributed by atoms with Gasteiger partial charge in [-0.1, -0.05) is 30.3 Å². The van der Waals surface area contributed by atoms with E-state index < -0.39 is 0 Å². The second-order valence-electron chi connectivity index (χ2n) is 4.41. The van der Waals surface area contributed by atoms with E-state index in [4.69, 9.17) is 0 Å². The molecule has 3 heteroatoms. The van der Waals surface area contributed by atoms with Crippen LogP contribution in [0.2, 0.25) is 0 Å². The number of para-hydroxylation sites is 1. The molecule has 1 aliphatic heterocycles. The molecule has 0 saturated heterocycles. The second-order valence-corrected chi connectivity index (χ2v) is 6.61. The van der Waals surface area contributed by atoms with E-state index in [-0.39, 0.29) is 0 Å². The maximum Gasteiger partial charge on any atom is 0.0484 e. The van der Waals surface area contributed by atoms with Crippen LogP contribution in [-0.2, 0) is 6.42 Å². The van der Waals surface area contributed by atoms with Gasteiger partial charge in [0.25, 0.3) is 0 Å². The fourth-order valence-electron chi connectivity index (χ4n) is 2.20. The Morgan fingerprint density at radius 1 is 1.11 bits per heavy atom. The van der Waals surface area contributed by atoms with Crippen LogP contribution in [0.5, 0.6) is 0 Å². The van der Waals surface area contributed by atoms with Crippen molar-refractivity contribution in [1.29, 1.82) is 0 Å². The van der Waals surface area contributed by atoms with Crippen LogP contribution in [0.3, 0.4) is 0 Å². The largest absolute Gasteiger partial charge is 0.383 e. The van der Waals surface area contributed by atoms with Crippen molar-refractivity contribution in [3.8, 4) is 0 Å². The molecule has 1 nitrogen and oxygen atoms in total. The number of nitrogens with one attached hydrogen (secondary N) is 1. The van der Waals surface area contributed by atoms with Gasteiger partial charge in [-0.2, -0.15) is 0 Å². The number of rotatable bonds is 3. The van der Waals surface area contributed by atoms with E-state index in [0.29, 0.717) is 5.25 Å². The molecule has 1 aliphatic rings. The molecule has 1 heterocycles. The van der Waals surface area contributed by atoms with Crippen LogP contribution in [0.25, 0.3) is 0 Å². The summed E-state index contributed by atoms with van der Waals surface area (Å²) in [5.41, 5.74) is 2.66. The molecular formula is C15H14BrNS. The lowest BCUT2D eigenvalue weighted by atomic mass is 10.1. The fourth-order valence-corrected chi connectivity index (χ4v) is 3.87. The quantitative estimate of drug-likeness (QED) is 0.888. The Labute approximate surface area is 120 Å². The first-order chi connectivity index (χ1) is 8.83. The van der Waals surface area contributed by atoms with Crippen LogP contribution in [0, 0.1) is 0 Å². The van der Waals surface area contributed by atoms with Gasteiger partial charge in [-0.25, -0.2) is 0 Å². The highest BCUT2D eigenvalue weighted by Gasteiger charge is 2.21. The van der Waals surface area contributed by atoms with Crippen molar-refractivity contribution in [3.63, 3.8) is 0 Å². The topological polar surface area (TPSA) is 12.0 Å². The third kappa shape index (κ3) is 2.57. The third-order valence-electron chi connectivity index (χ3n) is 3.11. The highest BCUT2D eigenvalue weighted by Crippen LogP contribution is 2.36. The first kappa shape index (κ1) is 12.1. The van der Waals surface area contributed by atoms with Crippen LogP contribution in [-0.4, -0.2) is 11.8 Å². The Balaban J connectivity index is 1.62. The van der Waals surface area contributed by atoms with E-state index in [9.17, 15) is 0 Å². The number of halogens is 1. The summed E-state index contributed by atoms with van der Waals surface area (Å²) in [6.07, 6.45) is 1.16. The van der Waals surface area contributed by atoms with Crippen molar-refractivity contribution < 1.29 is 0 Å². The Bertz CT molecular complexity index is 531. The maximum absolute atomic E-state index is 3.56. The minimum Gasteiger partial charge on any atom is -0.383 e. The van der Waals surface area contributed by atoms with E-state index in [0.717, 1.165) is 17.4 Å². The number of thioether (sulfide) groups is 1. The minimum atomic E-state index is 0.634. The van der Waals surface area contributed by atoms with Crippen molar-refractivity contribution in [3.05, 3.63) is 58.6 Å². The molecule has 0 radical (unpaired) electrons. The molecule has 0 amide bonds. The molecule has 0 saturated carbocycles. The lowest BCUT2D eigenvalue weighted by molar-refractivity contribution is 0.899. The molecule has 18 heavy (non-hydrogen) atoms. The lowest BCUT2D eigenvalue weighted by Gasteiger charge is -2.12. The first-order valence-electron chi connectivity index (χ1n) is 6.06. The summed E-state index contributed by atoms with van der Waals surface area (Å²) in [6.45, 7) is 1.00. The van der Waals surface area contributed by atoms with Crippen molar-refractivity contribution in [2.24, 2.45) is 0 Å². The molecule has 92 valence electrons. The van der Waals surface area contributed by atoms with E-state index >= 15 is 0 Å². The highest BCUT2D eigenvalue weighted by molar-refractivity contribution is 9.10. The molecule has 1 unspecified atom stereocenters. The van der Waals surface area contributed by atoms with Gasteiger partial charge in [0.2, 0.25) is 0 Å². The number of anilines is 1. The number of fused-ring (bicyclic) bond motifs is 1. The van der Waals surface area contributed by atoms with Gasteiger partial charge >= 0.3 is 0 Å². The minimum absolute atomic E-state index is 0.634. The van der Waals surface area contributed by atoms with Crippen LogP contribution in [0.4, 0.5) is 5.69 Å². The zero-order valence-corrected chi connectivity index (χ0v) is 12.3. The molecule has 2 aromatic rings. The summed E-state index contributed by atoms with van der Waals surface area (Å²) >= 11 is 5.55. The van der Waals surface area contributed by atoms with Crippen molar-refractivity contribution in [1.82, 2.24) is 0 Å². The average molecular weight is 320 g/mol. The van der Waals surface area contributed by atoms with Gasteiger partial charge in [0.1, 0.15) is 0 Å². The highest BCUT2D eigenvalue weighted by atomic mass is 79.9. The van der Waals surface area contributed by atoms with Crippen molar-refractivity contribution >= 4 is 33.4 Å². The molecule has 0 aliphatic carbocycles. The van der Waals surface area contributed by atoms with Crippen molar-refractivity contribution in [2.45, 2.75) is 16.6 Å². The molecule has 2 aromatic carbocycles. The normalized spacial score (nSPS) is 17.5. The monoisotopic (exact) mass is 319 g/mol. The SMILES string of the molecule is Brc1ccccc1NCC1Cc2ccccc2S1. The Morgan fingerprint density at radius 3 is 2.72 bits per heavy atom. The molecule has 1 N–H and O–H groups in total. The molecule has 3 rings (SSSR count). The zero-order valence-electron chi connectivity index (χ0n) is 9.90. The van der Waals surface area contributed by atoms with E-state index in [2.05, 4.69) is 63.7 Å². The molecule has 0 fully saturated rings. The molecule has 1 atom stereocenters. The summed E-state index contributed by atoms with van der Waals surface area (Å²) < 4.78 is 1.13. The standard InChI is InChI=1S/C15H14BrNS/c16-13-6-2-3-7-14(13)17-10-12-9-11-5-1-4-8-15(11)18-12/h1-8,12,17H,9-10H2. The lowest BCUT2D eigenvalue weighted by Crippen LogP contribution is -2.15. The molecule has 0 bridgehead atoms. The Morgan fingerprint density at radius 2 is 1.89 bits per heavy atom.